The lowest BCUT2D eigenvalue weighted by Crippen LogP contribution is -2.36. The van der Waals surface area contributed by atoms with Crippen molar-refractivity contribution in [3.8, 4) is 0 Å². The summed E-state index contributed by atoms with van der Waals surface area (Å²) in [6, 6.07) is 0.124. The van der Waals surface area contributed by atoms with E-state index in [4.69, 9.17) is 4.74 Å². The monoisotopic (exact) mass is 343 g/mol. The SMILES string of the molecule is COCCCn1cc(CN2CC(N3CCCC3)CS2(=O)=O)nn1. The molecule has 1 unspecified atom stereocenters. The molecule has 8 nitrogen and oxygen atoms in total. The van der Waals surface area contributed by atoms with Gasteiger partial charge in [-0.05, 0) is 32.4 Å². The number of aryl methyl sites for hydroxylation is 1. The first-order valence-corrected chi connectivity index (χ1v) is 9.79. The summed E-state index contributed by atoms with van der Waals surface area (Å²) in [6.07, 6.45) is 5.03. The molecule has 2 saturated heterocycles. The Balaban J connectivity index is 1.58. The predicted octanol–water partition coefficient (Wildman–Crippen LogP) is -0.0756. The zero-order chi connectivity index (χ0) is 16.3. The largest absolute Gasteiger partial charge is 0.385 e. The Hall–Kier alpha value is -1.03. The van der Waals surface area contributed by atoms with Gasteiger partial charge in [0.1, 0.15) is 0 Å². The lowest BCUT2D eigenvalue weighted by Gasteiger charge is -2.21. The van der Waals surface area contributed by atoms with E-state index in [-0.39, 0.29) is 11.8 Å². The van der Waals surface area contributed by atoms with E-state index < -0.39 is 10.0 Å². The molecule has 2 aliphatic heterocycles. The molecular weight excluding hydrogens is 318 g/mol. The highest BCUT2D eigenvalue weighted by Crippen LogP contribution is 2.23. The van der Waals surface area contributed by atoms with Gasteiger partial charge in [0, 0.05) is 39.0 Å². The molecule has 0 aliphatic carbocycles. The molecule has 3 rings (SSSR count). The van der Waals surface area contributed by atoms with Gasteiger partial charge in [-0.3, -0.25) is 9.58 Å². The number of ether oxygens (including phenoxy) is 1. The number of sulfonamides is 1. The summed E-state index contributed by atoms with van der Waals surface area (Å²) in [5.41, 5.74) is 0.702. The van der Waals surface area contributed by atoms with Gasteiger partial charge in [-0.1, -0.05) is 5.21 Å². The number of hydrogen-bond acceptors (Lipinski definition) is 6. The van der Waals surface area contributed by atoms with Crippen molar-refractivity contribution < 1.29 is 13.2 Å². The van der Waals surface area contributed by atoms with E-state index in [0.29, 0.717) is 25.4 Å². The minimum Gasteiger partial charge on any atom is -0.385 e. The van der Waals surface area contributed by atoms with E-state index in [1.165, 1.54) is 12.8 Å². The van der Waals surface area contributed by atoms with Crippen LogP contribution in [0.2, 0.25) is 0 Å². The van der Waals surface area contributed by atoms with Crippen molar-refractivity contribution in [2.24, 2.45) is 0 Å². The molecule has 1 aromatic heterocycles. The van der Waals surface area contributed by atoms with Gasteiger partial charge in [-0.25, -0.2) is 8.42 Å². The summed E-state index contributed by atoms with van der Waals surface area (Å²) in [5.74, 6) is 0.231. The average Bonchev–Trinajstić information content (AvgIpc) is 3.21. The Labute approximate surface area is 137 Å². The molecule has 9 heteroatoms. The van der Waals surface area contributed by atoms with E-state index in [2.05, 4.69) is 15.2 Å². The van der Waals surface area contributed by atoms with Crippen molar-refractivity contribution in [3.05, 3.63) is 11.9 Å². The van der Waals surface area contributed by atoms with Gasteiger partial charge < -0.3 is 4.74 Å². The molecule has 0 saturated carbocycles. The second-order valence-corrected chi connectivity index (χ2v) is 8.30. The molecule has 0 radical (unpaired) electrons. The van der Waals surface area contributed by atoms with Crippen LogP contribution in [0.3, 0.4) is 0 Å². The maximum absolute atomic E-state index is 12.4. The van der Waals surface area contributed by atoms with Crippen molar-refractivity contribution in [1.29, 1.82) is 0 Å². The molecule has 0 spiro atoms. The third-order valence-corrected chi connectivity index (χ3v) is 6.40. The highest BCUT2D eigenvalue weighted by Gasteiger charge is 2.39. The maximum atomic E-state index is 12.4. The van der Waals surface area contributed by atoms with Gasteiger partial charge in [0.25, 0.3) is 0 Å². The van der Waals surface area contributed by atoms with Crippen LogP contribution in [0.4, 0.5) is 0 Å². The molecule has 2 aliphatic rings. The highest BCUT2D eigenvalue weighted by atomic mass is 32.2. The number of aromatic nitrogens is 3. The molecule has 0 N–H and O–H groups in total. The van der Waals surface area contributed by atoms with Crippen LogP contribution in [0.1, 0.15) is 25.0 Å². The van der Waals surface area contributed by atoms with E-state index in [1.807, 2.05) is 6.20 Å². The van der Waals surface area contributed by atoms with Crippen LogP contribution in [-0.4, -0.2) is 77.8 Å². The number of likely N-dealkylation sites (tertiary alicyclic amines) is 1. The first kappa shape index (κ1) is 16.8. The van der Waals surface area contributed by atoms with Gasteiger partial charge >= 0.3 is 0 Å². The summed E-state index contributed by atoms with van der Waals surface area (Å²) in [7, 11) is -1.52. The summed E-state index contributed by atoms with van der Waals surface area (Å²) in [5, 5.41) is 8.15. The third kappa shape index (κ3) is 4.09. The molecule has 23 heavy (non-hydrogen) atoms. The van der Waals surface area contributed by atoms with E-state index in [0.717, 1.165) is 26.1 Å². The first-order chi connectivity index (χ1) is 11.1. The number of hydrogen-bond donors (Lipinski definition) is 0. The minimum atomic E-state index is -3.19. The third-order valence-electron chi connectivity index (χ3n) is 4.53. The molecule has 3 heterocycles. The second kappa shape index (κ2) is 7.25. The quantitative estimate of drug-likeness (QED) is 0.645. The Morgan fingerprint density at radius 3 is 2.87 bits per heavy atom. The second-order valence-electron chi connectivity index (χ2n) is 6.29. The van der Waals surface area contributed by atoms with Gasteiger partial charge in [0.2, 0.25) is 10.0 Å². The molecule has 2 fully saturated rings. The van der Waals surface area contributed by atoms with Crippen LogP contribution in [0, 0.1) is 0 Å². The molecule has 0 bridgehead atoms. The normalized spacial score (nSPS) is 25.3. The molecule has 1 aromatic rings. The molecule has 0 amide bonds. The van der Waals surface area contributed by atoms with Crippen LogP contribution in [0.25, 0.3) is 0 Å². The van der Waals surface area contributed by atoms with Crippen LogP contribution in [0.15, 0.2) is 6.20 Å². The predicted molar refractivity (Wildman–Crippen MR) is 85.3 cm³/mol. The Morgan fingerprint density at radius 1 is 1.35 bits per heavy atom. The average molecular weight is 343 g/mol. The zero-order valence-corrected chi connectivity index (χ0v) is 14.4. The van der Waals surface area contributed by atoms with Crippen molar-refractivity contribution in [2.75, 3.05) is 39.1 Å². The van der Waals surface area contributed by atoms with E-state index >= 15 is 0 Å². The molecule has 0 aromatic carbocycles. The topological polar surface area (TPSA) is 80.6 Å². The highest BCUT2D eigenvalue weighted by molar-refractivity contribution is 7.89. The Bertz CT molecular complexity index is 612. The van der Waals surface area contributed by atoms with Crippen molar-refractivity contribution >= 4 is 10.0 Å². The van der Waals surface area contributed by atoms with Crippen LogP contribution in [-0.2, 0) is 27.8 Å². The first-order valence-electron chi connectivity index (χ1n) is 8.18. The standard InChI is InChI=1S/C14H25N5O3S/c1-22-8-4-7-18-9-13(15-16-18)10-19-11-14(12-23(19,20)21)17-5-2-3-6-17/h9,14H,2-8,10-12H2,1H3. The summed E-state index contributed by atoms with van der Waals surface area (Å²) < 4.78 is 33.1. The molecular formula is C14H25N5O3S. The van der Waals surface area contributed by atoms with E-state index in [1.54, 1.807) is 16.1 Å². The van der Waals surface area contributed by atoms with Crippen molar-refractivity contribution in [1.82, 2.24) is 24.2 Å². The van der Waals surface area contributed by atoms with Gasteiger partial charge in [0.15, 0.2) is 0 Å². The van der Waals surface area contributed by atoms with Crippen LogP contribution in [0.5, 0.6) is 0 Å². The number of nitrogens with zero attached hydrogens (tertiary/aromatic N) is 5. The van der Waals surface area contributed by atoms with Crippen molar-refractivity contribution in [3.63, 3.8) is 0 Å². The smallest absolute Gasteiger partial charge is 0.216 e. The molecule has 130 valence electrons. The minimum absolute atomic E-state index is 0.124. The lowest BCUT2D eigenvalue weighted by atomic mass is 10.3. The Kier molecular flexibility index (Phi) is 5.30. The fourth-order valence-electron chi connectivity index (χ4n) is 3.31. The van der Waals surface area contributed by atoms with Crippen LogP contribution < -0.4 is 0 Å². The summed E-state index contributed by atoms with van der Waals surface area (Å²) in [4.78, 5) is 2.30. The van der Waals surface area contributed by atoms with Gasteiger partial charge in [0.05, 0.1) is 18.0 Å². The van der Waals surface area contributed by atoms with Crippen LogP contribution >= 0.6 is 0 Å². The Morgan fingerprint density at radius 2 is 2.13 bits per heavy atom. The number of methoxy groups -OCH3 is 1. The van der Waals surface area contributed by atoms with Gasteiger partial charge in [-0.15, -0.1) is 5.10 Å². The maximum Gasteiger partial charge on any atom is 0.216 e. The summed E-state index contributed by atoms with van der Waals surface area (Å²) in [6.45, 7) is 4.32. The summed E-state index contributed by atoms with van der Waals surface area (Å²) >= 11 is 0. The zero-order valence-electron chi connectivity index (χ0n) is 13.6. The number of rotatable bonds is 7. The van der Waals surface area contributed by atoms with E-state index in [9.17, 15) is 8.42 Å². The fraction of sp³-hybridized carbons (Fsp3) is 0.857. The fourth-order valence-corrected chi connectivity index (χ4v) is 5.05. The molecule has 1 atom stereocenters. The van der Waals surface area contributed by atoms with Gasteiger partial charge in [-0.2, -0.15) is 4.31 Å². The lowest BCUT2D eigenvalue weighted by molar-refractivity contribution is 0.188. The van der Waals surface area contributed by atoms with Crippen molar-refractivity contribution in [2.45, 2.75) is 38.4 Å².